The first kappa shape index (κ1) is 20.5. The van der Waals surface area contributed by atoms with Gasteiger partial charge in [0.1, 0.15) is 12.2 Å². The van der Waals surface area contributed by atoms with Crippen molar-refractivity contribution >= 4 is 22.8 Å². The van der Waals surface area contributed by atoms with Gasteiger partial charge in [0.05, 0.1) is 29.1 Å². The molecule has 3 rings (SSSR count). The number of carbonyl (C=O) groups excluding carboxylic acids is 2. The number of aryl methyl sites for hydroxylation is 2. The van der Waals surface area contributed by atoms with Crippen molar-refractivity contribution in [1.29, 1.82) is 0 Å². The first-order valence-corrected chi connectivity index (χ1v) is 9.53. The van der Waals surface area contributed by atoms with Gasteiger partial charge in [-0.05, 0) is 32.4 Å². The van der Waals surface area contributed by atoms with E-state index in [2.05, 4.69) is 10.1 Å². The molecule has 1 aromatic carbocycles. The molecule has 0 amide bonds. The maximum atomic E-state index is 12.7. The molecule has 0 saturated carbocycles. The van der Waals surface area contributed by atoms with Crippen molar-refractivity contribution in [3.63, 3.8) is 0 Å². The zero-order valence-corrected chi connectivity index (χ0v) is 17.2. The summed E-state index contributed by atoms with van der Waals surface area (Å²) in [5, 5.41) is 4.72. The number of aromatic nitrogens is 2. The SMILES string of the molecule is CCOC(=O)c1c(COC(=O)c2c(C)noc2C(C)C)nc2ccccc2c1C. The summed E-state index contributed by atoms with van der Waals surface area (Å²) in [5.74, 6) is -0.594. The van der Waals surface area contributed by atoms with Crippen LogP contribution in [0, 0.1) is 13.8 Å². The van der Waals surface area contributed by atoms with Crippen LogP contribution in [-0.4, -0.2) is 28.7 Å². The lowest BCUT2D eigenvalue weighted by Gasteiger charge is -2.14. The lowest BCUT2D eigenvalue weighted by Crippen LogP contribution is -2.15. The van der Waals surface area contributed by atoms with Crippen LogP contribution in [0.1, 0.15) is 70.1 Å². The fraction of sp³-hybridized carbons (Fsp3) is 0.364. The number of fused-ring (bicyclic) bond motifs is 1. The van der Waals surface area contributed by atoms with Gasteiger partial charge in [-0.2, -0.15) is 0 Å². The van der Waals surface area contributed by atoms with Crippen molar-refractivity contribution in [2.45, 2.75) is 47.1 Å². The van der Waals surface area contributed by atoms with E-state index in [4.69, 9.17) is 14.0 Å². The van der Waals surface area contributed by atoms with Crippen molar-refractivity contribution in [1.82, 2.24) is 10.1 Å². The largest absolute Gasteiger partial charge is 0.462 e. The van der Waals surface area contributed by atoms with Crippen molar-refractivity contribution < 1.29 is 23.6 Å². The van der Waals surface area contributed by atoms with E-state index in [-0.39, 0.29) is 19.1 Å². The van der Waals surface area contributed by atoms with E-state index in [1.165, 1.54) is 0 Å². The number of pyridine rings is 1. The summed E-state index contributed by atoms with van der Waals surface area (Å²) >= 11 is 0. The summed E-state index contributed by atoms with van der Waals surface area (Å²) in [4.78, 5) is 29.8. The molecule has 7 nitrogen and oxygen atoms in total. The van der Waals surface area contributed by atoms with E-state index < -0.39 is 11.9 Å². The van der Waals surface area contributed by atoms with E-state index >= 15 is 0 Å². The second-order valence-corrected chi connectivity index (χ2v) is 7.03. The van der Waals surface area contributed by atoms with Crippen LogP contribution in [0.15, 0.2) is 28.8 Å². The Morgan fingerprint density at radius 1 is 1.07 bits per heavy atom. The predicted molar refractivity (Wildman–Crippen MR) is 107 cm³/mol. The van der Waals surface area contributed by atoms with Gasteiger partial charge in [0.25, 0.3) is 0 Å². The van der Waals surface area contributed by atoms with Crippen molar-refractivity contribution in [3.8, 4) is 0 Å². The molecule has 0 N–H and O–H groups in total. The number of benzene rings is 1. The van der Waals surface area contributed by atoms with Crippen LogP contribution in [0.5, 0.6) is 0 Å². The zero-order valence-electron chi connectivity index (χ0n) is 17.2. The molecule has 0 bridgehead atoms. The molecule has 0 aliphatic carbocycles. The standard InChI is InChI=1S/C22H24N2O5/c1-6-27-21(25)18-13(4)15-9-7-8-10-16(15)23-17(18)11-28-22(26)19-14(5)24-29-20(19)12(2)3/h7-10,12H,6,11H2,1-5H3. The molecule has 0 saturated heterocycles. The molecule has 0 unspecified atom stereocenters. The average Bonchev–Trinajstić information content (AvgIpc) is 3.08. The third kappa shape index (κ3) is 3.99. The van der Waals surface area contributed by atoms with E-state index in [1.54, 1.807) is 13.8 Å². The van der Waals surface area contributed by atoms with Gasteiger partial charge in [-0.15, -0.1) is 0 Å². The van der Waals surface area contributed by atoms with Crippen LogP contribution < -0.4 is 0 Å². The van der Waals surface area contributed by atoms with Gasteiger partial charge in [-0.1, -0.05) is 37.2 Å². The van der Waals surface area contributed by atoms with Gasteiger partial charge in [-0.25, -0.2) is 14.6 Å². The number of ether oxygens (including phenoxy) is 2. The van der Waals surface area contributed by atoms with Gasteiger partial charge >= 0.3 is 11.9 Å². The highest BCUT2D eigenvalue weighted by Crippen LogP contribution is 2.26. The van der Waals surface area contributed by atoms with Crippen molar-refractivity contribution in [3.05, 3.63) is 58.1 Å². The molecular formula is C22H24N2O5. The fourth-order valence-electron chi connectivity index (χ4n) is 3.25. The summed E-state index contributed by atoms with van der Waals surface area (Å²) in [6.07, 6.45) is 0. The number of para-hydroxylation sites is 1. The minimum atomic E-state index is -0.560. The Morgan fingerprint density at radius 2 is 1.76 bits per heavy atom. The van der Waals surface area contributed by atoms with Gasteiger partial charge < -0.3 is 14.0 Å². The molecule has 0 radical (unpaired) electrons. The highest BCUT2D eigenvalue weighted by Gasteiger charge is 2.26. The van der Waals surface area contributed by atoms with Crippen molar-refractivity contribution in [2.75, 3.05) is 6.61 Å². The second-order valence-electron chi connectivity index (χ2n) is 7.03. The zero-order chi connectivity index (χ0) is 21.1. The maximum Gasteiger partial charge on any atom is 0.344 e. The molecule has 152 valence electrons. The number of nitrogens with zero attached hydrogens (tertiary/aromatic N) is 2. The highest BCUT2D eigenvalue weighted by molar-refractivity contribution is 5.98. The molecule has 3 aromatic rings. The molecule has 0 spiro atoms. The minimum Gasteiger partial charge on any atom is -0.462 e. The fourth-order valence-corrected chi connectivity index (χ4v) is 3.25. The van der Waals surface area contributed by atoms with E-state index in [1.807, 2.05) is 45.0 Å². The Labute approximate surface area is 169 Å². The number of hydrogen-bond acceptors (Lipinski definition) is 7. The Balaban J connectivity index is 1.97. The van der Waals surface area contributed by atoms with E-state index in [0.29, 0.717) is 33.8 Å². The molecule has 0 aliphatic heterocycles. The predicted octanol–water partition coefficient (Wildman–Crippen LogP) is 4.50. The summed E-state index contributed by atoms with van der Waals surface area (Å²) in [6, 6.07) is 7.49. The van der Waals surface area contributed by atoms with E-state index in [9.17, 15) is 9.59 Å². The first-order chi connectivity index (χ1) is 13.8. The monoisotopic (exact) mass is 396 g/mol. The molecule has 7 heteroatoms. The molecule has 2 aromatic heterocycles. The number of hydrogen-bond donors (Lipinski definition) is 0. The number of esters is 2. The Hall–Kier alpha value is -3.22. The van der Waals surface area contributed by atoms with Crippen molar-refractivity contribution in [2.24, 2.45) is 0 Å². The Bertz CT molecular complexity index is 1070. The third-order valence-electron chi connectivity index (χ3n) is 4.66. The Morgan fingerprint density at radius 3 is 2.45 bits per heavy atom. The molecular weight excluding hydrogens is 372 g/mol. The second kappa shape index (κ2) is 8.43. The summed E-state index contributed by atoms with van der Waals surface area (Å²) in [6.45, 7) is 9.15. The minimum absolute atomic E-state index is 0.0186. The number of rotatable bonds is 6. The van der Waals surface area contributed by atoms with Gasteiger partial charge in [-0.3, -0.25) is 0 Å². The lowest BCUT2D eigenvalue weighted by atomic mass is 10.0. The quantitative estimate of drug-likeness (QED) is 0.567. The first-order valence-electron chi connectivity index (χ1n) is 9.53. The van der Waals surface area contributed by atoms with Crippen LogP contribution >= 0.6 is 0 Å². The van der Waals surface area contributed by atoms with Gasteiger partial charge in [0.2, 0.25) is 0 Å². The average molecular weight is 396 g/mol. The van der Waals surface area contributed by atoms with Gasteiger partial charge in [0, 0.05) is 11.3 Å². The topological polar surface area (TPSA) is 91.5 Å². The van der Waals surface area contributed by atoms with Crippen LogP contribution in [0.4, 0.5) is 0 Å². The van der Waals surface area contributed by atoms with E-state index in [0.717, 1.165) is 10.9 Å². The molecule has 0 fully saturated rings. The van der Waals surface area contributed by atoms with Crippen LogP contribution in [-0.2, 0) is 16.1 Å². The van der Waals surface area contributed by atoms with Crippen LogP contribution in [0.2, 0.25) is 0 Å². The number of carbonyl (C=O) groups is 2. The van der Waals surface area contributed by atoms with Crippen LogP contribution in [0.3, 0.4) is 0 Å². The lowest BCUT2D eigenvalue weighted by molar-refractivity contribution is 0.0441. The third-order valence-corrected chi connectivity index (χ3v) is 4.66. The summed E-state index contributed by atoms with van der Waals surface area (Å²) in [7, 11) is 0. The maximum absolute atomic E-state index is 12.7. The highest BCUT2D eigenvalue weighted by atomic mass is 16.5. The molecule has 29 heavy (non-hydrogen) atoms. The summed E-state index contributed by atoms with van der Waals surface area (Å²) in [5.41, 5.74) is 2.91. The smallest absolute Gasteiger partial charge is 0.344 e. The molecule has 0 atom stereocenters. The summed E-state index contributed by atoms with van der Waals surface area (Å²) < 4.78 is 16.0. The normalized spacial score (nSPS) is 11.1. The molecule has 2 heterocycles. The molecule has 0 aliphatic rings. The van der Waals surface area contributed by atoms with Crippen LogP contribution in [0.25, 0.3) is 10.9 Å². The van der Waals surface area contributed by atoms with Gasteiger partial charge in [0.15, 0.2) is 5.76 Å². The Kier molecular flexibility index (Phi) is 5.96.